The Morgan fingerprint density at radius 1 is 0.574 bits per heavy atom. The van der Waals surface area contributed by atoms with Crippen molar-refractivity contribution in [3.05, 3.63) is 130 Å². The monoisotopic (exact) mass is 837 g/mol. The maximum absolute atomic E-state index is 13.9. The molecule has 4 aromatic carbocycles. The summed E-state index contributed by atoms with van der Waals surface area (Å²) < 4.78 is 21.2. The SMILES string of the molecule is COc1ccc(CC(=O)[C@H](CCCCNC(=O)OCc2ccccc2)NC(=O)c2cc(CC(=O)[C@@H](N)CCCCNC(=O)OCc3ccccc3)ccc2OC)cc1C(N)=O. The number of hydrogen-bond acceptors (Lipinski definition) is 11. The second kappa shape index (κ2) is 25.0. The van der Waals surface area contributed by atoms with Crippen LogP contribution in [0.1, 0.15) is 81.5 Å². The third-order valence-electron chi connectivity index (χ3n) is 9.73. The van der Waals surface area contributed by atoms with Gasteiger partial charge in [0.1, 0.15) is 24.7 Å². The number of rotatable bonds is 25. The summed E-state index contributed by atoms with van der Waals surface area (Å²) in [6.07, 6.45) is 1.46. The number of carbonyl (C=O) groups excluding carboxylic acids is 6. The Balaban J connectivity index is 1.33. The number of hydrogen-bond donors (Lipinski definition) is 5. The van der Waals surface area contributed by atoms with Crippen LogP contribution in [0, 0.1) is 0 Å². The van der Waals surface area contributed by atoms with Gasteiger partial charge in [0, 0.05) is 25.9 Å². The first-order valence-electron chi connectivity index (χ1n) is 20.1. The Morgan fingerprint density at radius 2 is 1.05 bits per heavy atom. The number of nitrogens with two attached hydrogens (primary N) is 2. The van der Waals surface area contributed by atoms with Crippen LogP contribution in [-0.2, 0) is 45.1 Å². The van der Waals surface area contributed by atoms with Crippen LogP contribution >= 0.6 is 0 Å². The number of alkyl carbamates (subject to hydrolysis) is 2. The number of primary amides is 1. The van der Waals surface area contributed by atoms with Crippen LogP contribution < -0.4 is 36.9 Å². The van der Waals surface area contributed by atoms with Gasteiger partial charge in [-0.15, -0.1) is 0 Å². The first kappa shape index (κ1) is 46.9. The molecule has 0 bridgehead atoms. The van der Waals surface area contributed by atoms with Crippen molar-refractivity contribution < 1.29 is 47.7 Å². The molecule has 0 heterocycles. The maximum atomic E-state index is 13.9. The van der Waals surface area contributed by atoms with Gasteiger partial charge in [0.05, 0.1) is 37.4 Å². The minimum atomic E-state index is -0.972. The van der Waals surface area contributed by atoms with E-state index in [1.54, 1.807) is 30.3 Å². The number of carbonyl (C=O) groups is 6. The molecule has 0 aliphatic heterocycles. The van der Waals surface area contributed by atoms with E-state index < -0.39 is 36.1 Å². The predicted octanol–water partition coefficient (Wildman–Crippen LogP) is 5.35. The molecule has 4 rings (SSSR count). The van der Waals surface area contributed by atoms with E-state index in [0.717, 1.165) is 11.1 Å². The van der Waals surface area contributed by atoms with E-state index in [0.29, 0.717) is 49.8 Å². The first-order chi connectivity index (χ1) is 29.5. The highest BCUT2D eigenvalue weighted by Crippen LogP contribution is 2.23. The van der Waals surface area contributed by atoms with Gasteiger partial charge in [0.15, 0.2) is 11.6 Å². The van der Waals surface area contributed by atoms with Gasteiger partial charge in [-0.1, -0.05) is 72.8 Å². The van der Waals surface area contributed by atoms with E-state index in [9.17, 15) is 28.8 Å². The number of benzene rings is 4. The van der Waals surface area contributed by atoms with Crippen LogP contribution in [0.15, 0.2) is 97.1 Å². The van der Waals surface area contributed by atoms with Crippen LogP contribution in [0.25, 0.3) is 0 Å². The molecule has 0 saturated carbocycles. The molecular formula is C46H55N5O10. The molecule has 61 heavy (non-hydrogen) atoms. The minimum Gasteiger partial charge on any atom is -0.496 e. The smallest absolute Gasteiger partial charge is 0.407 e. The highest BCUT2D eigenvalue weighted by molar-refractivity contribution is 6.01. The normalized spacial score (nSPS) is 11.7. The van der Waals surface area contributed by atoms with Crippen LogP contribution in [0.2, 0.25) is 0 Å². The topological polar surface area (TPSA) is 227 Å². The summed E-state index contributed by atoms with van der Waals surface area (Å²) in [5.74, 6) is -1.38. The lowest BCUT2D eigenvalue weighted by Crippen LogP contribution is -2.42. The number of methoxy groups -OCH3 is 2. The quantitative estimate of drug-likeness (QED) is 0.0535. The number of nitrogens with one attached hydrogen (secondary N) is 3. The molecule has 7 N–H and O–H groups in total. The van der Waals surface area contributed by atoms with Crippen molar-refractivity contribution in [2.24, 2.45) is 11.5 Å². The molecule has 0 aromatic heterocycles. The van der Waals surface area contributed by atoms with Crippen LogP contribution in [0.5, 0.6) is 11.5 Å². The van der Waals surface area contributed by atoms with E-state index in [2.05, 4.69) is 16.0 Å². The fourth-order valence-electron chi connectivity index (χ4n) is 6.36. The number of amides is 4. The molecule has 4 amide bonds. The van der Waals surface area contributed by atoms with E-state index in [1.165, 1.54) is 20.3 Å². The van der Waals surface area contributed by atoms with Gasteiger partial charge in [-0.05, 0) is 85.0 Å². The molecule has 4 aromatic rings. The van der Waals surface area contributed by atoms with Crippen molar-refractivity contribution in [2.75, 3.05) is 27.3 Å². The summed E-state index contributed by atoms with van der Waals surface area (Å²) in [5, 5.41) is 8.25. The number of ether oxygens (including phenoxy) is 4. The average Bonchev–Trinajstić information content (AvgIpc) is 3.27. The second-order valence-corrected chi connectivity index (χ2v) is 14.3. The Bertz CT molecular complexity index is 2080. The van der Waals surface area contributed by atoms with Crippen molar-refractivity contribution in [3.8, 4) is 11.5 Å². The molecular weight excluding hydrogens is 783 g/mol. The Kier molecular flexibility index (Phi) is 19.2. The molecule has 0 aliphatic carbocycles. The number of unbranched alkanes of at least 4 members (excludes halogenated alkanes) is 2. The van der Waals surface area contributed by atoms with Crippen molar-refractivity contribution in [3.63, 3.8) is 0 Å². The Morgan fingerprint density at radius 3 is 1.56 bits per heavy atom. The zero-order valence-corrected chi connectivity index (χ0v) is 34.6. The molecule has 0 radical (unpaired) electrons. The predicted molar refractivity (Wildman–Crippen MR) is 228 cm³/mol. The summed E-state index contributed by atoms with van der Waals surface area (Å²) in [7, 11) is 2.81. The molecule has 0 fully saturated rings. The lowest BCUT2D eigenvalue weighted by Gasteiger charge is -2.20. The lowest BCUT2D eigenvalue weighted by molar-refractivity contribution is -0.120. The van der Waals surface area contributed by atoms with Crippen LogP contribution in [0.3, 0.4) is 0 Å². The fourth-order valence-corrected chi connectivity index (χ4v) is 6.36. The molecule has 0 spiro atoms. The van der Waals surface area contributed by atoms with Crippen molar-refractivity contribution in [1.29, 1.82) is 0 Å². The Hall–Kier alpha value is -6.74. The van der Waals surface area contributed by atoms with Gasteiger partial charge in [-0.2, -0.15) is 0 Å². The maximum Gasteiger partial charge on any atom is 0.407 e. The summed E-state index contributed by atoms with van der Waals surface area (Å²) in [6.45, 7) is 0.929. The third-order valence-corrected chi connectivity index (χ3v) is 9.73. The van der Waals surface area contributed by atoms with Crippen molar-refractivity contribution in [1.82, 2.24) is 16.0 Å². The number of ketones is 2. The van der Waals surface area contributed by atoms with Gasteiger partial charge < -0.3 is 46.4 Å². The van der Waals surface area contributed by atoms with Gasteiger partial charge >= 0.3 is 12.2 Å². The highest BCUT2D eigenvalue weighted by Gasteiger charge is 2.25. The van der Waals surface area contributed by atoms with Crippen molar-refractivity contribution in [2.45, 2.75) is 76.7 Å². The molecule has 0 aliphatic rings. The standard InChI is InChI=1S/C46H55N5O10/c1-58-41-21-19-33(25-35(41)43(48)54)28-40(53)38(18-10-12-24-50-46(57)61-30-32-15-7-4-8-16-32)51-44(55)36-26-34(20-22-42(36)59-2)27-39(52)37(47)17-9-11-23-49-45(56)60-29-31-13-5-3-6-14-31/h3-8,13-16,19-22,25-26,37-38H,9-12,17-18,23-24,27-30,47H2,1-2H3,(H2,48,54)(H,49,56)(H,50,57)(H,51,55)/t37-,38-/m0/s1. The van der Waals surface area contributed by atoms with E-state index >= 15 is 0 Å². The molecule has 0 saturated heterocycles. The van der Waals surface area contributed by atoms with Crippen LogP contribution in [0.4, 0.5) is 9.59 Å². The van der Waals surface area contributed by atoms with E-state index in [4.69, 9.17) is 30.4 Å². The first-order valence-corrected chi connectivity index (χ1v) is 20.1. The minimum absolute atomic E-state index is 0.0433. The average molecular weight is 838 g/mol. The zero-order valence-electron chi connectivity index (χ0n) is 34.6. The van der Waals surface area contributed by atoms with Crippen molar-refractivity contribution >= 4 is 35.6 Å². The summed E-state index contributed by atoms with van der Waals surface area (Å²) >= 11 is 0. The highest BCUT2D eigenvalue weighted by atomic mass is 16.6. The molecule has 15 heteroatoms. The molecule has 2 atom stereocenters. The summed E-state index contributed by atoms with van der Waals surface area (Å²) in [4.78, 5) is 77.2. The summed E-state index contributed by atoms with van der Waals surface area (Å²) in [5.41, 5.74) is 14.8. The lowest BCUT2D eigenvalue weighted by atomic mass is 9.96. The van der Waals surface area contributed by atoms with Gasteiger partial charge in [0.25, 0.3) is 11.8 Å². The zero-order chi connectivity index (χ0) is 44.0. The van der Waals surface area contributed by atoms with Crippen LogP contribution in [-0.4, -0.2) is 75.0 Å². The van der Waals surface area contributed by atoms with E-state index in [-0.39, 0.29) is 73.2 Å². The molecule has 324 valence electrons. The Labute approximate surface area is 355 Å². The summed E-state index contributed by atoms with van der Waals surface area (Å²) in [6, 6.07) is 26.3. The number of Topliss-reactive ketones (excluding diaryl/α,β-unsaturated/α-hetero) is 2. The largest absolute Gasteiger partial charge is 0.496 e. The molecule has 15 nitrogen and oxygen atoms in total. The van der Waals surface area contributed by atoms with E-state index in [1.807, 2.05) is 60.7 Å². The van der Waals surface area contributed by atoms with Gasteiger partial charge in [-0.25, -0.2) is 9.59 Å². The van der Waals surface area contributed by atoms with Gasteiger partial charge in [0.2, 0.25) is 0 Å². The molecule has 0 unspecified atom stereocenters. The third kappa shape index (κ3) is 16.1. The fraction of sp³-hybridized carbons (Fsp3) is 0.348. The second-order valence-electron chi connectivity index (χ2n) is 14.3. The van der Waals surface area contributed by atoms with Gasteiger partial charge in [-0.3, -0.25) is 19.2 Å².